The summed E-state index contributed by atoms with van der Waals surface area (Å²) in [6, 6.07) is 10.5. The number of fused-ring (bicyclic) bond motifs is 1. The van der Waals surface area contributed by atoms with Gasteiger partial charge in [0.25, 0.3) is 0 Å². The average molecular weight is 366 g/mol. The fraction of sp³-hybridized carbons (Fsp3) is 0.429. The third-order valence-corrected chi connectivity index (χ3v) is 5.46. The summed E-state index contributed by atoms with van der Waals surface area (Å²) in [5, 5.41) is 1.14. The number of piperidine rings is 1. The molecular formula is C21H26N4O2. The second kappa shape index (κ2) is 7.56. The SMILES string of the molecule is CC(=O)N1CCC(=NC2CCOCC2)C(=C(N)n2ccc3ccccc32)C1. The van der Waals surface area contributed by atoms with Crippen LogP contribution >= 0.6 is 0 Å². The second-order valence-electron chi connectivity index (χ2n) is 7.22. The van der Waals surface area contributed by atoms with Gasteiger partial charge in [-0.25, -0.2) is 0 Å². The smallest absolute Gasteiger partial charge is 0.219 e. The third kappa shape index (κ3) is 3.62. The van der Waals surface area contributed by atoms with E-state index in [-0.39, 0.29) is 11.9 Å². The number of hydrogen-bond acceptors (Lipinski definition) is 4. The van der Waals surface area contributed by atoms with Crippen molar-refractivity contribution in [3.8, 4) is 0 Å². The van der Waals surface area contributed by atoms with E-state index in [1.54, 1.807) is 6.92 Å². The Morgan fingerprint density at radius 2 is 2.00 bits per heavy atom. The molecule has 2 aliphatic heterocycles. The summed E-state index contributed by atoms with van der Waals surface area (Å²) in [4.78, 5) is 18.8. The lowest BCUT2D eigenvalue weighted by molar-refractivity contribution is -0.128. The van der Waals surface area contributed by atoms with Crippen molar-refractivity contribution in [1.29, 1.82) is 0 Å². The molecule has 2 fully saturated rings. The van der Waals surface area contributed by atoms with E-state index in [0.29, 0.717) is 18.9 Å². The molecule has 2 aromatic rings. The highest BCUT2D eigenvalue weighted by Crippen LogP contribution is 2.24. The van der Waals surface area contributed by atoms with Gasteiger partial charge in [-0.05, 0) is 30.4 Å². The number of para-hydroxylation sites is 1. The molecule has 27 heavy (non-hydrogen) atoms. The number of likely N-dealkylation sites (tertiary alicyclic amines) is 1. The van der Waals surface area contributed by atoms with Gasteiger partial charge in [-0.15, -0.1) is 0 Å². The van der Waals surface area contributed by atoms with Gasteiger partial charge < -0.3 is 19.9 Å². The van der Waals surface area contributed by atoms with Crippen LogP contribution in [-0.4, -0.2) is 53.4 Å². The molecule has 0 saturated carbocycles. The van der Waals surface area contributed by atoms with Gasteiger partial charge in [0.2, 0.25) is 5.91 Å². The molecule has 1 aromatic carbocycles. The number of amides is 1. The Hall–Kier alpha value is -2.60. The van der Waals surface area contributed by atoms with Crippen LogP contribution in [0.1, 0.15) is 26.2 Å². The zero-order valence-corrected chi connectivity index (χ0v) is 15.7. The fourth-order valence-electron chi connectivity index (χ4n) is 3.87. The van der Waals surface area contributed by atoms with E-state index in [0.717, 1.165) is 54.7 Å². The Balaban J connectivity index is 1.76. The number of ether oxygens (including phenoxy) is 1. The van der Waals surface area contributed by atoms with Gasteiger partial charge in [-0.2, -0.15) is 0 Å². The van der Waals surface area contributed by atoms with Crippen LogP contribution in [0.5, 0.6) is 0 Å². The molecule has 4 rings (SSSR count). The molecule has 0 spiro atoms. The van der Waals surface area contributed by atoms with E-state index in [2.05, 4.69) is 18.2 Å². The van der Waals surface area contributed by atoms with Crippen molar-refractivity contribution >= 4 is 28.3 Å². The molecule has 0 bridgehead atoms. The largest absolute Gasteiger partial charge is 0.384 e. The second-order valence-corrected chi connectivity index (χ2v) is 7.22. The van der Waals surface area contributed by atoms with Crippen LogP contribution in [0.3, 0.4) is 0 Å². The summed E-state index contributed by atoms with van der Waals surface area (Å²) in [5.41, 5.74) is 9.70. The van der Waals surface area contributed by atoms with Gasteiger partial charge >= 0.3 is 0 Å². The maximum atomic E-state index is 12.0. The van der Waals surface area contributed by atoms with E-state index in [1.165, 1.54) is 0 Å². The molecule has 1 amide bonds. The normalized spacial score (nSPS) is 22.4. The van der Waals surface area contributed by atoms with E-state index in [4.69, 9.17) is 15.5 Å². The predicted octanol–water partition coefficient (Wildman–Crippen LogP) is 2.64. The lowest BCUT2D eigenvalue weighted by Crippen LogP contribution is -2.40. The molecule has 0 aliphatic carbocycles. The van der Waals surface area contributed by atoms with Crippen molar-refractivity contribution in [2.45, 2.75) is 32.2 Å². The first-order valence-corrected chi connectivity index (χ1v) is 9.59. The molecule has 6 nitrogen and oxygen atoms in total. The molecule has 6 heteroatoms. The van der Waals surface area contributed by atoms with Crippen molar-refractivity contribution in [3.63, 3.8) is 0 Å². The van der Waals surface area contributed by atoms with Crippen molar-refractivity contribution in [2.24, 2.45) is 10.7 Å². The van der Waals surface area contributed by atoms with Gasteiger partial charge in [-0.1, -0.05) is 18.2 Å². The van der Waals surface area contributed by atoms with Crippen LogP contribution in [-0.2, 0) is 9.53 Å². The average Bonchev–Trinajstić information content (AvgIpc) is 3.12. The summed E-state index contributed by atoms with van der Waals surface area (Å²) < 4.78 is 7.46. The first-order valence-electron chi connectivity index (χ1n) is 9.59. The first-order chi connectivity index (χ1) is 13.1. The Labute approximate surface area is 159 Å². The van der Waals surface area contributed by atoms with Gasteiger partial charge in [0.1, 0.15) is 5.82 Å². The molecule has 2 aliphatic rings. The zero-order valence-electron chi connectivity index (χ0n) is 15.7. The maximum absolute atomic E-state index is 12.0. The number of hydrogen-bond donors (Lipinski definition) is 1. The number of nitrogens with zero attached hydrogens (tertiary/aromatic N) is 3. The van der Waals surface area contributed by atoms with Crippen LogP contribution in [0.4, 0.5) is 0 Å². The van der Waals surface area contributed by atoms with E-state index in [9.17, 15) is 4.79 Å². The number of nitrogens with two attached hydrogens (primary N) is 1. The highest BCUT2D eigenvalue weighted by Gasteiger charge is 2.26. The number of rotatable bonds is 2. The number of carbonyl (C=O) groups is 1. The zero-order chi connectivity index (χ0) is 18.8. The Kier molecular flexibility index (Phi) is 4.99. The lowest BCUT2D eigenvalue weighted by atomic mass is 10.00. The first kappa shape index (κ1) is 17.8. The lowest BCUT2D eigenvalue weighted by Gasteiger charge is -2.31. The maximum Gasteiger partial charge on any atom is 0.219 e. The van der Waals surface area contributed by atoms with Gasteiger partial charge in [0.05, 0.1) is 18.1 Å². The van der Waals surface area contributed by atoms with Crippen molar-refractivity contribution in [1.82, 2.24) is 9.47 Å². The topological polar surface area (TPSA) is 72.8 Å². The molecular weight excluding hydrogens is 340 g/mol. The minimum Gasteiger partial charge on any atom is -0.384 e. The van der Waals surface area contributed by atoms with Crippen molar-refractivity contribution in [2.75, 3.05) is 26.3 Å². The summed E-state index contributed by atoms with van der Waals surface area (Å²) >= 11 is 0. The van der Waals surface area contributed by atoms with E-state index in [1.807, 2.05) is 27.8 Å². The van der Waals surface area contributed by atoms with Gasteiger partial charge in [0, 0.05) is 50.6 Å². The Morgan fingerprint density at radius 3 is 2.78 bits per heavy atom. The minimum absolute atomic E-state index is 0.0720. The monoisotopic (exact) mass is 366 g/mol. The molecule has 0 unspecified atom stereocenters. The molecule has 2 N–H and O–H groups in total. The third-order valence-electron chi connectivity index (χ3n) is 5.46. The van der Waals surface area contributed by atoms with E-state index >= 15 is 0 Å². The highest BCUT2D eigenvalue weighted by molar-refractivity contribution is 6.06. The number of aliphatic imine (C=N–C) groups is 1. The van der Waals surface area contributed by atoms with Crippen LogP contribution in [0, 0.1) is 0 Å². The van der Waals surface area contributed by atoms with Crippen LogP contribution in [0.15, 0.2) is 47.1 Å². The Morgan fingerprint density at radius 1 is 1.22 bits per heavy atom. The van der Waals surface area contributed by atoms with Crippen molar-refractivity contribution in [3.05, 3.63) is 42.1 Å². The van der Waals surface area contributed by atoms with Crippen molar-refractivity contribution < 1.29 is 9.53 Å². The van der Waals surface area contributed by atoms with Crippen LogP contribution in [0.25, 0.3) is 16.7 Å². The number of carbonyl (C=O) groups excluding carboxylic acids is 1. The minimum atomic E-state index is 0.0720. The summed E-state index contributed by atoms with van der Waals surface area (Å²) in [5.74, 6) is 0.732. The highest BCUT2D eigenvalue weighted by atomic mass is 16.5. The number of aromatic nitrogens is 1. The summed E-state index contributed by atoms with van der Waals surface area (Å²) in [7, 11) is 0. The standard InChI is InChI=1S/C21H26N4O2/c1-15(26)24-10-7-19(23-17-8-12-27-13-9-17)18(14-24)21(22)25-11-6-16-4-2-3-5-20(16)25/h2-6,11,17H,7-10,12-14,22H2,1H3. The molecule has 2 saturated heterocycles. The molecule has 3 heterocycles. The quantitative estimate of drug-likeness (QED) is 0.888. The van der Waals surface area contributed by atoms with Gasteiger partial charge in [-0.3, -0.25) is 9.79 Å². The summed E-state index contributed by atoms with van der Waals surface area (Å²) in [6.07, 6.45) is 4.62. The molecule has 142 valence electrons. The predicted molar refractivity (Wildman–Crippen MR) is 107 cm³/mol. The fourth-order valence-corrected chi connectivity index (χ4v) is 3.87. The molecule has 0 atom stereocenters. The van der Waals surface area contributed by atoms with E-state index < -0.39 is 0 Å². The Bertz CT molecular complexity index is 906. The molecule has 0 radical (unpaired) electrons. The van der Waals surface area contributed by atoms with Gasteiger partial charge in [0.15, 0.2) is 0 Å². The van der Waals surface area contributed by atoms with Crippen LogP contribution < -0.4 is 5.73 Å². The number of benzene rings is 1. The molecule has 1 aromatic heterocycles. The van der Waals surface area contributed by atoms with Crippen LogP contribution in [0.2, 0.25) is 0 Å². The summed E-state index contributed by atoms with van der Waals surface area (Å²) in [6.45, 7) is 4.34.